The molecule has 0 saturated carbocycles. The smallest absolute Gasteiger partial charge is 0.259 e. The van der Waals surface area contributed by atoms with Crippen LogP contribution < -0.4 is 10.1 Å². The van der Waals surface area contributed by atoms with Crippen molar-refractivity contribution in [2.75, 3.05) is 11.9 Å². The Morgan fingerprint density at radius 1 is 1.37 bits per heavy atom. The van der Waals surface area contributed by atoms with Gasteiger partial charge in [0.15, 0.2) is 0 Å². The summed E-state index contributed by atoms with van der Waals surface area (Å²) in [4.78, 5) is 16.5. The van der Waals surface area contributed by atoms with E-state index in [-0.39, 0.29) is 23.5 Å². The highest BCUT2D eigenvalue weighted by Gasteiger charge is 2.15. The first-order valence-electron chi connectivity index (χ1n) is 7.91. The van der Waals surface area contributed by atoms with Crippen LogP contribution in [0.4, 0.5) is 14.5 Å². The molecule has 0 spiro atoms. The number of carbonyl (C=O) groups excluding carboxylic acids is 1. The number of amides is 1. The summed E-state index contributed by atoms with van der Waals surface area (Å²) in [5.41, 5.74) is 0.715. The molecule has 0 saturated heterocycles. The van der Waals surface area contributed by atoms with Crippen molar-refractivity contribution in [1.29, 1.82) is 0 Å². The van der Waals surface area contributed by atoms with E-state index < -0.39 is 17.6 Å². The molecule has 1 aromatic carbocycles. The predicted octanol–water partition coefficient (Wildman–Crippen LogP) is 5.76. The van der Waals surface area contributed by atoms with E-state index in [2.05, 4.69) is 32.8 Å². The molecule has 0 aliphatic carbocycles. The van der Waals surface area contributed by atoms with Crippen LogP contribution in [-0.2, 0) is 0 Å². The topological polar surface area (TPSA) is 51.2 Å². The summed E-state index contributed by atoms with van der Waals surface area (Å²) < 4.78 is 33.2. The van der Waals surface area contributed by atoms with Gasteiger partial charge in [-0.3, -0.25) is 9.78 Å². The van der Waals surface area contributed by atoms with Crippen molar-refractivity contribution < 1.29 is 18.3 Å². The summed E-state index contributed by atoms with van der Waals surface area (Å²) in [7, 11) is 0. The minimum Gasteiger partial charge on any atom is -0.488 e. The summed E-state index contributed by atoms with van der Waals surface area (Å²) >= 11 is 3.31. The molecular weight excluding hydrogens is 418 g/mol. The van der Waals surface area contributed by atoms with Crippen molar-refractivity contribution >= 4 is 27.5 Å². The SMILES string of the molecule is C=C(COc1ccc(Br)cc1C(=O)Nc1cccnc1)/C(F)=C\C(F)=C/C. The molecule has 2 aromatic rings. The monoisotopic (exact) mass is 434 g/mol. The van der Waals surface area contributed by atoms with E-state index >= 15 is 0 Å². The quantitative estimate of drug-likeness (QED) is 0.563. The maximum atomic E-state index is 13.9. The summed E-state index contributed by atoms with van der Waals surface area (Å²) in [6, 6.07) is 8.22. The average molecular weight is 435 g/mol. The van der Waals surface area contributed by atoms with Crippen molar-refractivity contribution in [2.45, 2.75) is 6.92 Å². The number of nitrogens with one attached hydrogen (secondary N) is 1. The van der Waals surface area contributed by atoms with Gasteiger partial charge in [-0.25, -0.2) is 8.78 Å². The standard InChI is InChI=1S/C20H17BrF2N2O2/c1-3-15(22)10-18(23)13(2)12-27-19-7-6-14(21)9-17(19)20(26)25-16-5-4-8-24-11-16/h3-11H,2,12H2,1H3,(H,25,26)/b15-3+,18-10+. The van der Waals surface area contributed by atoms with Crippen LogP contribution >= 0.6 is 15.9 Å². The van der Waals surface area contributed by atoms with Gasteiger partial charge in [-0.05, 0) is 37.3 Å². The molecule has 27 heavy (non-hydrogen) atoms. The average Bonchev–Trinajstić information content (AvgIpc) is 2.67. The van der Waals surface area contributed by atoms with Crippen molar-refractivity contribution in [1.82, 2.24) is 4.98 Å². The molecule has 0 atom stereocenters. The van der Waals surface area contributed by atoms with Gasteiger partial charge in [0, 0.05) is 22.3 Å². The van der Waals surface area contributed by atoms with E-state index in [1.807, 2.05) is 0 Å². The van der Waals surface area contributed by atoms with E-state index in [9.17, 15) is 13.6 Å². The predicted molar refractivity (Wildman–Crippen MR) is 105 cm³/mol. The van der Waals surface area contributed by atoms with Crippen LogP contribution in [0, 0.1) is 0 Å². The fourth-order valence-electron chi connectivity index (χ4n) is 1.98. The summed E-state index contributed by atoms with van der Waals surface area (Å²) in [5.74, 6) is -1.72. The third-order valence-corrected chi connectivity index (χ3v) is 3.88. The molecule has 0 aliphatic rings. The van der Waals surface area contributed by atoms with E-state index in [1.165, 1.54) is 13.1 Å². The Kier molecular flexibility index (Phi) is 7.43. The second kappa shape index (κ2) is 9.78. The Morgan fingerprint density at radius 2 is 2.15 bits per heavy atom. The second-order valence-corrected chi connectivity index (χ2v) is 6.31. The number of pyridine rings is 1. The highest BCUT2D eigenvalue weighted by molar-refractivity contribution is 9.10. The van der Waals surface area contributed by atoms with Gasteiger partial charge in [0.2, 0.25) is 0 Å². The van der Waals surface area contributed by atoms with Crippen LogP contribution in [0.2, 0.25) is 0 Å². The zero-order chi connectivity index (χ0) is 19.8. The number of halogens is 3. The molecule has 0 fully saturated rings. The first-order chi connectivity index (χ1) is 12.9. The van der Waals surface area contributed by atoms with E-state index in [1.54, 1.807) is 36.5 Å². The molecule has 0 aliphatic heterocycles. The number of anilines is 1. The van der Waals surface area contributed by atoms with Gasteiger partial charge in [-0.2, -0.15) is 0 Å². The number of aromatic nitrogens is 1. The summed E-state index contributed by atoms with van der Waals surface area (Å²) in [5, 5.41) is 2.70. The molecule has 7 heteroatoms. The number of hydrogen-bond acceptors (Lipinski definition) is 3. The number of ether oxygens (including phenoxy) is 1. The highest BCUT2D eigenvalue weighted by atomic mass is 79.9. The Balaban J connectivity index is 2.15. The Labute approximate surface area is 164 Å². The highest BCUT2D eigenvalue weighted by Crippen LogP contribution is 2.25. The molecule has 1 N–H and O–H groups in total. The lowest BCUT2D eigenvalue weighted by molar-refractivity contribution is 0.102. The van der Waals surface area contributed by atoms with Gasteiger partial charge in [0.1, 0.15) is 24.0 Å². The fraction of sp³-hybridized carbons (Fsp3) is 0.100. The first-order valence-corrected chi connectivity index (χ1v) is 8.71. The first kappa shape index (κ1) is 20.5. The van der Waals surface area contributed by atoms with Gasteiger partial charge < -0.3 is 10.1 Å². The van der Waals surface area contributed by atoms with Crippen LogP contribution in [-0.4, -0.2) is 17.5 Å². The third kappa shape index (κ3) is 6.14. The number of carbonyl (C=O) groups is 1. The van der Waals surface area contributed by atoms with Crippen LogP contribution in [0.1, 0.15) is 17.3 Å². The lowest BCUT2D eigenvalue weighted by Crippen LogP contribution is -2.14. The van der Waals surface area contributed by atoms with Gasteiger partial charge in [-0.1, -0.05) is 28.6 Å². The molecule has 4 nitrogen and oxygen atoms in total. The normalized spacial score (nSPS) is 11.9. The van der Waals surface area contributed by atoms with E-state index in [0.29, 0.717) is 10.2 Å². The van der Waals surface area contributed by atoms with Crippen LogP contribution in [0.5, 0.6) is 5.75 Å². The number of rotatable bonds is 7. The Morgan fingerprint density at radius 3 is 2.81 bits per heavy atom. The van der Waals surface area contributed by atoms with Crippen LogP contribution in [0.25, 0.3) is 0 Å². The molecular formula is C20H17BrF2N2O2. The molecule has 1 aromatic heterocycles. The Hall–Kier alpha value is -2.80. The van der Waals surface area contributed by atoms with Gasteiger partial charge in [-0.15, -0.1) is 0 Å². The van der Waals surface area contributed by atoms with E-state index in [4.69, 9.17) is 4.74 Å². The van der Waals surface area contributed by atoms with Crippen molar-refractivity contribution in [3.8, 4) is 5.75 Å². The lowest BCUT2D eigenvalue weighted by atomic mass is 10.2. The van der Waals surface area contributed by atoms with Crippen molar-refractivity contribution in [2.24, 2.45) is 0 Å². The number of nitrogens with zero attached hydrogens (tertiary/aromatic N) is 1. The number of hydrogen-bond donors (Lipinski definition) is 1. The third-order valence-electron chi connectivity index (χ3n) is 3.39. The summed E-state index contributed by atoms with van der Waals surface area (Å²) in [6.45, 7) is 4.75. The second-order valence-electron chi connectivity index (χ2n) is 5.39. The zero-order valence-corrected chi connectivity index (χ0v) is 16.1. The van der Waals surface area contributed by atoms with Crippen LogP contribution in [0.3, 0.4) is 0 Å². The molecule has 2 rings (SSSR count). The van der Waals surface area contributed by atoms with Crippen molar-refractivity contribution in [3.63, 3.8) is 0 Å². The minimum atomic E-state index is -0.830. The lowest BCUT2D eigenvalue weighted by Gasteiger charge is -2.13. The molecule has 0 radical (unpaired) electrons. The van der Waals surface area contributed by atoms with E-state index in [0.717, 1.165) is 12.2 Å². The van der Waals surface area contributed by atoms with Gasteiger partial charge in [0.05, 0.1) is 17.4 Å². The largest absolute Gasteiger partial charge is 0.488 e. The van der Waals surface area contributed by atoms with Crippen molar-refractivity contribution in [3.05, 3.63) is 88.7 Å². The molecule has 140 valence electrons. The van der Waals surface area contributed by atoms with Crippen LogP contribution in [0.15, 0.2) is 83.2 Å². The molecule has 1 amide bonds. The van der Waals surface area contributed by atoms with Gasteiger partial charge >= 0.3 is 0 Å². The fourth-order valence-corrected chi connectivity index (χ4v) is 2.34. The number of benzene rings is 1. The Bertz CT molecular complexity index is 896. The zero-order valence-electron chi connectivity index (χ0n) is 14.5. The molecule has 0 unspecified atom stereocenters. The van der Waals surface area contributed by atoms with Gasteiger partial charge in [0.25, 0.3) is 5.91 Å². The molecule has 1 heterocycles. The maximum absolute atomic E-state index is 13.9. The molecule has 0 bridgehead atoms. The maximum Gasteiger partial charge on any atom is 0.259 e. The minimum absolute atomic E-state index is 0.0477. The number of allylic oxidation sites excluding steroid dienone is 3. The summed E-state index contributed by atoms with van der Waals surface area (Å²) in [6.07, 6.45) is 4.95.